The summed E-state index contributed by atoms with van der Waals surface area (Å²) in [4.78, 5) is 20.3. The maximum atomic E-state index is 6.54. The van der Waals surface area contributed by atoms with Crippen LogP contribution in [0.15, 0.2) is 437 Å². The molecule has 0 saturated carbocycles. The second kappa shape index (κ2) is 31.6. The van der Waals surface area contributed by atoms with E-state index in [-0.39, 0.29) is 16.5 Å². The molecule has 1 saturated heterocycles. The van der Waals surface area contributed by atoms with Gasteiger partial charge in [0.1, 0.15) is 23.3 Å². The van der Waals surface area contributed by atoms with Crippen LogP contribution in [0.2, 0.25) is 5.28 Å². The highest BCUT2D eigenvalue weighted by atomic mass is 35.5. The van der Waals surface area contributed by atoms with E-state index in [9.17, 15) is 0 Å². The lowest BCUT2D eigenvalue weighted by Gasteiger charge is -2.37. The van der Waals surface area contributed by atoms with Crippen molar-refractivity contribution in [2.45, 2.75) is 49.7 Å². The van der Waals surface area contributed by atoms with E-state index in [1.165, 1.54) is 82.0 Å². The van der Waals surface area contributed by atoms with Gasteiger partial charge in [-0.3, -0.25) is 18.3 Å². The first-order valence-electron chi connectivity index (χ1n) is 42.2. The molecule has 0 unspecified atom stereocenters. The number of aromatic nitrogens is 8. The topological polar surface area (TPSA) is 89.7 Å². The Morgan fingerprint density at radius 3 is 0.718 bits per heavy atom. The van der Waals surface area contributed by atoms with Crippen LogP contribution in [0.25, 0.3) is 122 Å². The van der Waals surface area contributed by atoms with E-state index in [1.54, 1.807) is 0 Å². The lowest BCUT2D eigenvalue weighted by Crippen LogP contribution is -2.41. The zero-order valence-electron chi connectivity index (χ0n) is 68.9. The van der Waals surface area contributed by atoms with E-state index in [2.05, 4.69) is 462 Å². The van der Waals surface area contributed by atoms with Gasteiger partial charge in [0, 0.05) is 60.8 Å². The van der Waals surface area contributed by atoms with Gasteiger partial charge < -0.3 is 9.31 Å². The van der Waals surface area contributed by atoms with Crippen LogP contribution in [0, 0.1) is 0 Å². The third-order valence-corrected chi connectivity index (χ3v) is 25.4. The van der Waals surface area contributed by atoms with Crippen LogP contribution >= 0.6 is 11.6 Å². The van der Waals surface area contributed by atoms with Gasteiger partial charge in [-0.25, -0.2) is 9.97 Å². The van der Waals surface area contributed by atoms with Gasteiger partial charge in [0.25, 0.3) is 0 Å². The van der Waals surface area contributed by atoms with Gasteiger partial charge >= 0.3 is 7.12 Å². The largest absolute Gasteiger partial charge is 0.494 e. The quantitative estimate of drug-likeness (QED) is 0.0612. The van der Waals surface area contributed by atoms with Gasteiger partial charge in [-0.15, -0.1) is 0 Å². The summed E-state index contributed by atoms with van der Waals surface area (Å²) in [5.74, 6) is 3.74. The van der Waals surface area contributed by atoms with Gasteiger partial charge in [-0.2, -0.15) is 9.97 Å². The van der Waals surface area contributed by atoms with Crippen molar-refractivity contribution in [2.24, 2.45) is 0 Å². The lowest BCUT2D eigenvalue weighted by atomic mass is 9.64. The first kappa shape index (κ1) is 76.5. The van der Waals surface area contributed by atoms with Crippen molar-refractivity contribution in [2.75, 3.05) is 0 Å². The van der Waals surface area contributed by atoms with Gasteiger partial charge in [0.15, 0.2) is 5.82 Å². The Bertz CT molecular complexity index is 7040. The van der Waals surface area contributed by atoms with Crippen LogP contribution in [-0.4, -0.2) is 56.5 Å². The van der Waals surface area contributed by atoms with Gasteiger partial charge in [-0.05, 0) is 144 Å². The van der Waals surface area contributed by atoms with Crippen LogP contribution in [0.1, 0.15) is 72.2 Å². The Labute approximate surface area is 725 Å². The van der Waals surface area contributed by atoms with Crippen LogP contribution < -0.4 is 5.46 Å². The first-order valence-corrected chi connectivity index (χ1v) is 42.6. The predicted molar refractivity (Wildman–Crippen MR) is 511 cm³/mol. The summed E-state index contributed by atoms with van der Waals surface area (Å²) >= 11 is 6.54. The molecule has 23 rings (SSSR count). The molecule has 10 nitrogen and oxygen atoms in total. The molecule has 1 aliphatic heterocycles. The molecule has 124 heavy (non-hydrogen) atoms. The average Bonchev–Trinajstić information content (AvgIpc) is 0.993. The third kappa shape index (κ3) is 13.1. The Morgan fingerprint density at radius 2 is 0.452 bits per heavy atom. The van der Waals surface area contributed by atoms with E-state index in [0.29, 0.717) is 5.82 Å². The minimum atomic E-state index is -0.611. The molecule has 12 heteroatoms. The molecule has 0 aliphatic carbocycles. The number of benzene rings is 16. The second-order valence-electron chi connectivity index (χ2n) is 32.7. The van der Waals surface area contributed by atoms with E-state index in [0.717, 1.165) is 84.0 Å². The van der Waals surface area contributed by atoms with E-state index < -0.39 is 17.9 Å². The van der Waals surface area contributed by atoms with Crippen LogP contribution in [0.5, 0.6) is 0 Å². The fourth-order valence-electron chi connectivity index (χ4n) is 19.0. The van der Waals surface area contributed by atoms with Crippen molar-refractivity contribution in [1.82, 2.24) is 38.2 Å². The van der Waals surface area contributed by atoms with Crippen molar-refractivity contribution in [3.8, 4) is 34.7 Å². The van der Waals surface area contributed by atoms with Crippen molar-refractivity contribution >= 4 is 111 Å². The number of hydrogen-bond donors (Lipinski definition) is 0. The monoisotopic (exact) mass is 1620 g/mol. The fourth-order valence-corrected chi connectivity index (χ4v) is 19.2. The van der Waals surface area contributed by atoms with E-state index in [1.807, 2.05) is 30.3 Å². The molecule has 6 aromatic heterocycles. The highest BCUT2D eigenvalue weighted by molar-refractivity contribution is 6.62. The standard InChI is InChI=1S/C53H36N4.C31H31BO2.C28H17ClN4/c1-4-20-38(21-5-1)53(39-22-6-2-7-23-39,40-24-8-3-9-25-40)41-26-18-19-37(35-41)52-54-50(56-46-31-14-10-27-42(46)43-28-11-15-32-47(43)56)36-51(55-52)57-48-33-16-12-29-44(48)45-30-13-17-34-49(45)57;1-29(2)30(3,4)34-32(33-29)28-22-14-21-27(23-28)31(24-15-8-5-9-16-24,25-17-10-6-11-18-25)26-19-12-7-13-20-26;29-28-30-26(32-22-13-5-1-9-18(22)19-10-2-6-14-23(19)32)17-27(31-28)33-24-15-7-3-11-20(24)21-12-4-8-16-25(21)33/h1-36H;5-23H,1-4H3;1-17H. The Kier molecular flexibility index (Phi) is 19.5. The maximum Gasteiger partial charge on any atom is 0.494 e. The number of para-hydroxylation sites is 8. The number of rotatable bonds is 14. The molecule has 16 aromatic carbocycles. The number of halogens is 1. The van der Waals surface area contributed by atoms with Crippen LogP contribution in [-0.2, 0) is 20.1 Å². The molecule has 0 radical (unpaired) electrons. The molecule has 1 aliphatic rings. The maximum absolute atomic E-state index is 6.54. The summed E-state index contributed by atoms with van der Waals surface area (Å²) in [5, 5.41) is 9.69. The minimum Gasteiger partial charge on any atom is -0.399 e. The lowest BCUT2D eigenvalue weighted by molar-refractivity contribution is 0.00578. The summed E-state index contributed by atoms with van der Waals surface area (Å²) < 4.78 is 21.7. The number of fused-ring (bicyclic) bond motifs is 12. The van der Waals surface area contributed by atoms with E-state index >= 15 is 0 Å². The van der Waals surface area contributed by atoms with Crippen molar-refractivity contribution < 1.29 is 9.31 Å². The second-order valence-corrected chi connectivity index (χ2v) is 33.1. The summed E-state index contributed by atoms with van der Waals surface area (Å²) in [5.41, 5.74) is 18.4. The summed E-state index contributed by atoms with van der Waals surface area (Å²) in [7, 11) is -0.412. The summed E-state index contributed by atoms with van der Waals surface area (Å²) in [6.07, 6.45) is 0. The van der Waals surface area contributed by atoms with Crippen molar-refractivity contribution in [3.63, 3.8) is 0 Å². The summed E-state index contributed by atoms with van der Waals surface area (Å²) in [6, 6.07) is 154. The minimum absolute atomic E-state index is 0.214. The molecular formula is C112H84BClN8O2. The molecule has 7 heterocycles. The Hall–Kier alpha value is -14.8. The SMILES string of the molecule is CC1(C)OB(c2cccc(C(c3ccccc3)(c3ccccc3)c3ccccc3)c2)OC1(C)C.Clc1nc(-n2c3ccccc3c3ccccc32)cc(-n2c3ccccc3c3ccccc32)n1.c1ccc(C(c2ccccc2)(c2ccccc2)c2cccc(-c3nc(-n4c5ccccc5c5ccccc54)cc(-n4c5ccccc5c5ccccc54)n3)c2)cc1. The van der Waals surface area contributed by atoms with Gasteiger partial charge in [0.05, 0.1) is 66.2 Å². The van der Waals surface area contributed by atoms with Gasteiger partial charge in [-0.1, -0.05) is 370 Å². The van der Waals surface area contributed by atoms with Crippen LogP contribution in [0.4, 0.5) is 0 Å². The van der Waals surface area contributed by atoms with Gasteiger partial charge in [0.2, 0.25) is 5.28 Å². The molecule has 594 valence electrons. The zero-order valence-corrected chi connectivity index (χ0v) is 69.7. The van der Waals surface area contributed by atoms with Crippen molar-refractivity contribution in [3.05, 3.63) is 487 Å². The highest BCUT2D eigenvalue weighted by Crippen LogP contribution is 2.49. The van der Waals surface area contributed by atoms with Crippen molar-refractivity contribution in [1.29, 1.82) is 0 Å². The molecule has 22 aromatic rings. The van der Waals surface area contributed by atoms with Crippen LogP contribution in [0.3, 0.4) is 0 Å². The Morgan fingerprint density at radius 1 is 0.234 bits per heavy atom. The molecule has 0 amide bonds. The summed E-state index contributed by atoms with van der Waals surface area (Å²) in [6.45, 7) is 8.39. The smallest absolute Gasteiger partial charge is 0.399 e. The molecular weight excluding hydrogens is 1540 g/mol. The number of nitrogens with zero attached hydrogens (tertiary/aromatic N) is 8. The highest BCUT2D eigenvalue weighted by Gasteiger charge is 2.52. The fraction of sp³-hybridized carbons (Fsp3) is 0.0714. The molecule has 0 N–H and O–H groups in total. The molecule has 0 atom stereocenters. The normalized spacial score (nSPS) is 13.2. The van der Waals surface area contributed by atoms with E-state index in [4.69, 9.17) is 30.9 Å². The molecule has 0 bridgehead atoms. The Balaban J connectivity index is 0.000000121. The predicted octanol–water partition coefficient (Wildman–Crippen LogP) is 26.4. The molecule has 1 fully saturated rings. The zero-order chi connectivity index (χ0) is 83.5. The number of hydrogen-bond acceptors (Lipinski definition) is 6. The first-order chi connectivity index (χ1) is 60.9. The third-order valence-electron chi connectivity index (χ3n) is 25.2. The average molecular weight is 1620 g/mol. The molecule has 0 spiro atoms.